The summed E-state index contributed by atoms with van der Waals surface area (Å²) in [5.74, 6) is 0.924. The number of anilines is 2. The molecule has 17 heavy (non-hydrogen) atoms. The molecule has 1 saturated heterocycles. The summed E-state index contributed by atoms with van der Waals surface area (Å²) in [6, 6.07) is 0. The maximum atomic E-state index is 12.2. The number of hydrogen-bond acceptors (Lipinski definition) is 4. The van der Waals surface area contributed by atoms with Gasteiger partial charge in [-0.25, -0.2) is 0 Å². The van der Waals surface area contributed by atoms with Crippen LogP contribution in [0, 0.1) is 6.92 Å². The van der Waals surface area contributed by atoms with E-state index in [0.717, 1.165) is 17.2 Å². The van der Waals surface area contributed by atoms with E-state index >= 15 is 0 Å². The highest BCUT2D eigenvalue weighted by Gasteiger charge is 2.44. The van der Waals surface area contributed by atoms with Crippen LogP contribution in [0.5, 0.6) is 0 Å². The molecular weight excluding hydrogens is 220 g/mol. The first-order chi connectivity index (χ1) is 8.12. The third-order valence-corrected chi connectivity index (χ3v) is 3.60. The Bertz CT molecular complexity index is 474. The Morgan fingerprint density at radius 1 is 1.41 bits per heavy atom. The smallest absolute Gasteiger partial charge is 0.250 e. The van der Waals surface area contributed by atoms with Crippen molar-refractivity contribution in [1.29, 1.82) is 0 Å². The van der Waals surface area contributed by atoms with E-state index in [1.165, 1.54) is 0 Å². The standard InChI is InChI=1S/C11H16N4O2/c1-7-8-9(15(2)14-7)13-11(10(16)12-8)3-5-17-6-4-11/h13H,3-6H2,1-2H3,(H,12,16). The molecule has 2 aliphatic rings. The van der Waals surface area contributed by atoms with E-state index in [2.05, 4.69) is 15.7 Å². The Morgan fingerprint density at radius 3 is 2.82 bits per heavy atom. The second kappa shape index (κ2) is 3.46. The third-order valence-electron chi connectivity index (χ3n) is 3.60. The summed E-state index contributed by atoms with van der Waals surface area (Å²) >= 11 is 0. The van der Waals surface area contributed by atoms with Gasteiger partial charge < -0.3 is 15.4 Å². The molecule has 6 nitrogen and oxygen atoms in total. The summed E-state index contributed by atoms with van der Waals surface area (Å²) < 4.78 is 7.11. The highest BCUT2D eigenvalue weighted by molar-refractivity contribution is 6.06. The third kappa shape index (κ3) is 1.44. The SMILES string of the molecule is Cc1nn(C)c2c1NC(=O)C1(CCOCC1)N2. The molecule has 1 aromatic rings. The molecule has 92 valence electrons. The molecule has 0 unspecified atom stereocenters. The normalized spacial score (nSPS) is 21.9. The fourth-order valence-electron chi connectivity index (χ4n) is 2.54. The molecule has 2 aliphatic heterocycles. The average molecular weight is 236 g/mol. The zero-order valence-corrected chi connectivity index (χ0v) is 10.0. The Labute approximate surface area is 99.3 Å². The fourth-order valence-corrected chi connectivity index (χ4v) is 2.54. The van der Waals surface area contributed by atoms with Gasteiger partial charge in [-0.15, -0.1) is 0 Å². The largest absolute Gasteiger partial charge is 0.381 e. The Kier molecular flexibility index (Phi) is 2.16. The van der Waals surface area contributed by atoms with Crippen molar-refractivity contribution in [1.82, 2.24) is 9.78 Å². The minimum absolute atomic E-state index is 0.0319. The predicted octanol–water partition coefficient (Wildman–Crippen LogP) is 0.642. The van der Waals surface area contributed by atoms with Gasteiger partial charge in [-0.05, 0) is 6.92 Å². The Hall–Kier alpha value is -1.56. The lowest BCUT2D eigenvalue weighted by molar-refractivity contribution is -0.123. The van der Waals surface area contributed by atoms with Crippen molar-refractivity contribution >= 4 is 17.4 Å². The summed E-state index contributed by atoms with van der Waals surface area (Å²) in [6.45, 7) is 3.13. The van der Waals surface area contributed by atoms with Crippen LogP contribution in [0.2, 0.25) is 0 Å². The minimum Gasteiger partial charge on any atom is -0.381 e. The molecule has 1 aromatic heterocycles. The van der Waals surface area contributed by atoms with E-state index in [-0.39, 0.29) is 5.91 Å². The summed E-state index contributed by atoms with van der Waals surface area (Å²) in [5, 5.41) is 10.6. The molecule has 0 bridgehead atoms. The highest BCUT2D eigenvalue weighted by atomic mass is 16.5. The number of ether oxygens (including phenoxy) is 1. The lowest BCUT2D eigenvalue weighted by atomic mass is 9.87. The van der Waals surface area contributed by atoms with Gasteiger partial charge in [0, 0.05) is 33.1 Å². The molecule has 3 rings (SSSR count). The quantitative estimate of drug-likeness (QED) is 0.693. The van der Waals surface area contributed by atoms with Crippen molar-refractivity contribution in [3.8, 4) is 0 Å². The molecule has 0 aromatic carbocycles. The molecule has 6 heteroatoms. The van der Waals surface area contributed by atoms with E-state index in [1.54, 1.807) is 4.68 Å². The Balaban J connectivity index is 2.02. The lowest BCUT2D eigenvalue weighted by Gasteiger charge is -2.40. The van der Waals surface area contributed by atoms with Crippen LogP contribution < -0.4 is 10.6 Å². The van der Waals surface area contributed by atoms with Crippen molar-refractivity contribution in [2.45, 2.75) is 25.3 Å². The summed E-state index contributed by atoms with van der Waals surface area (Å²) in [6.07, 6.45) is 1.39. The maximum absolute atomic E-state index is 12.2. The number of rotatable bonds is 0. The van der Waals surface area contributed by atoms with Gasteiger partial charge in [0.1, 0.15) is 17.0 Å². The van der Waals surface area contributed by atoms with Crippen LogP contribution in [0.4, 0.5) is 11.5 Å². The Morgan fingerprint density at radius 2 is 2.12 bits per heavy atom. The number of nitrogens with one attached hydrogen (secondary N) is 2. The van der Waals surface area contributed by atoms with E-state index in [4.69, 9.17) is 4.74 Å². The number of fused-ring (bicyclic) bond motifs is 1. The first kappa shape index (κ1) is 10.6. The van der Waals surface area contributed by atoms with E-state index in [0.29, 0.717) is 26.1 Å². The van der Waals surface area contributed by atoms with E-state index in [9.17, 15) is 4.79 Å². The van der Waals surface area contributed by atoms with Gasteiger partial charge in [0.05, 0.1) is 5.69 Å². The van der Waals surface area contributed by atoms with Gasteiger partial charge >= 0.3 is 0 Å². The molecule has 0 aliphatic carbocycles. The zero-order chi connectivity index (χ0) is 12.0. The second-order valence-electron chi connectivity index (χ2n) is 4.71. The molecule has 0 radical (unpaired) electrons. The summed E-state index contributed by atoms with van der Waals surface area (Å²) in [7, 11) is 1.88. The molecule has 1 fully saturated rings. The second-order valence-corrected chi connectivity index (χ2v) is 4.71. The maximum Gasteiger partial charge on any atom is 0.250 e. The van der Waals surface area contributed by atoms with E-state index in [1.807, 2.05) is 14.0 Å². The molecule has 3 heterocycles. The number of carbonyl (C=O) groups is 1. The van der Waals surface area contributed by atoms with Crippen LogP contribution >= 0.6 is 0 Å². The first-order valence-corrected chi connectivity index (χ1v) is 5.83. The van der Waals surface area contributed by atoms with Gasteiger partial charge in [0.15, 0.2) is 0 Å². The number of aryl methyl sites for hydroxylation is 2. The van der Waals surface area contributed by atoms with Gasteiger partial charge in [-0.1, -0.05) is 0 Å². The molecule has 0 saturated carbocycles. The van der Waals surface area contributed by atoms with Crippen molar-refractivity contribution < 1.29 is 9.53 Å². The summed E-state index contributed by atoms with van der Waals surface area (Å²) in [4.78, 5) is 12.2. The topological polar surface area (TPSA) is 68.2 Å². The monoisotopic (exact) mass is 236 g/mol. The number of nitrogens with zero attached hydrogens (tertiary/aromatic N) is 2. The van der Waals surface area contributed by atoms with Gasteiger partial charge in [-0.2, -0.15) is 5.10 Å². The van der Waals surface area contributed by atoms with Crippen LogP contribution in [0.15, 0.2) is 0 Å². The number of hydrogen-bond donors (Lipinski definition) is 2. The van der Waals surface area contributed by atoms with Crippen molar-refractivity contribution in [3.05, 3.63) is 5.69 Å². The van der Waals surface area contributed by atoms with Gasteiger partial charge in [0.25, 0.3) is 0 Å². The molecule has 1 spiro atoms. The molecular formula is C11H16N4O2. The van der Waals surface area contributed by atoms with Crippen LogP contribution in [-0.4, -0.2) is 34.4 Å². The van der Waals surface area contributed by atoms with Crippen molar-refractivity contribution in [2.75, 3.05) is 23.8 Å². The predicted molar refractivity (Wildman–Crippen MR) is 63.0 cm³/mol. The molecule has 2 N–H and O–H groups in total. The van der Waals surface area contributed by atoms with Crippen LogP contribution in [0.3, 0.4) is 0 Å². The number of aromatic nitrogens is 2. The molecule has 0 atom stereocenters. The van der Waals surface area contributed by atoms with Gasteiger partial charge in [0.2, 0.25) is 5.91 Å². The van der Waals surface area contributed by atoms with Gasteiger partial charge in [-0.3, -0.25) is 9.48 Å². The average Bonchev–Trinajstić information content (AvgIpc) is 2.57. The fraction of sp³-hybridized carbons (Fsp3) is 0.636. The van der Waals surface area contributed by atoms with Crippen molar-refractivity contribution in [2.24, 2.45) is 7.05 Å². The zero-order valence-electron chi connectivity index (χ0n) is 10.0. The minimum atomic E-state index is -0.522. The summed E-state index contributed by atoms with van der Waals surface area (Å²) in [5.41, 5.74) is 1.12. The highest BCUT2D eigenvalue weighted by Crippen LogP contribution is 2.37. The number of amides is 1. The van der Waals surface area contributed by atoms with Crippen molar-refractivity contribution in [3.63, 3.8) is 0 Å². The lowest BCUT2D eigenvalue weighted by Crippen LogP contribution is -2.55. The number of carbonyl (C=O) groups excluding carboxylic acids is 1. The first-order valence-electron chi connectivity index (χ1n) is 5.83. The molecule has 1 amide bonds. The van der Waals surface area contributed by atoms with Crippen LogP contribution in [0.1, 0.15) is 18.5 Å². The van der Waals surface area contributed by atoms with Crippen LogP contribution in [0.25, 0.3) is 0 Å². The van der Waals surface area contributed by atoms with E-state index < -0.39 is 5.54 Å². The van der Waals surface area contributed by atoms with Crippen LogP contribution in [-0.2, 0) is 16.6 Å².